The zero-order chi connectivity index (χ0) is 12.6. The molecule has 0 unspecified atom stereocenters. The molecule has 0 aliphatic rings. The van der Waals surface area contributed by atoms with Crippen LogP contribution < -0.4 is 0 Å². The molecular formula is C15H16O2. The molecule has 2 aromatic rings. The Hall–Kier alpha value is -1.96. The van der Waals surface area contributed by atoms with Gasteiger partial charge >= 0.3 is 0 Å². The van der Waals surface area contributed by atoms with Crippen molar-refractivity contribution in [3.05, 3.63) is 47.0 Å². The molecule has 0 amide bonds. The van der Waals surface area contributed by atoms with E-state index in [0.717, 1.165) is 27.8 Å². The van der Waals surface area contributed by atoms with Gasteiger partial charge in [-0.1, -0.05) is 11.6 Å². The van der Waals surface area contributed by atoms with Crippen molar-refractivity contribution < 1.29 is 10.2 Å². The first kappa shape index (κ1) is 11.5. The van der Waals surface area contributed by atoms with E-state index in [2.05, 4.69) is 0 Å². The molecule has 0 saturated carbocycles. The summed E-state index contributed by atoms with van der Waals surface area (Å²) in [6, 6.07) is 8.97. The summed E-state index contributed by atoms with van der Waals surface area (Å²) >= 11 is 0. The smallest absolute Gasteiger partial charge is 0.123 e. The van der Waals surface area contributed by atoms with Gasteiger partial charge < -0.3 is 10.2 Å². The highest BCUT2D eigenvalue weighted by Crippen LogP contribution is 2.36. The third kappa shape index (κ3) is 2.11. The molecule has 0 aromatic heterocycles. The van der Waals surface area contributed by atoms with E-state index in [1.165, 1.54) is 0 Å². The summed E-state index contributed by atoms with van der Waals surface area (Å²) in [7, 11) is 0. The number of phenols is 2. The summed E-state index contributed by atoms with van der Waals surface area (Å²) in [5.74, 6) is 0.531. The predicted molar refractivity (Wildman–Crippen MR) is 69.4 cm³/mol. The largest absolute Gasteiger partial charge is 0.508 e. The maximum atomic E-state index is 9.94. The average Bonchev–Trinajstić information content (AvgIpc) is 2.21. The van der Waals surface area contributed by atoms with Gasteiger partial charge in [-0.2, -0.15) is 0 Å². The van der Waals surface area contributed by atoms with Gasteiger partial charge in [0.05, 0.1) is 0 Å². The van der Waals surface area contributed by atoms with Crippen LogP contribution in [0.25, 0.3) is 11.1 Å². The van der Waals surface area contributed by atoms with Crippen LogP contribution in [0.4, 0.5) is 0 Å². The van der Waals surface area contributed by atoms with Gasteiger partial charge in [0.15, 0.2) is 0 Å². The van der Waals surface area contributed by atoms with Crippen LogP contribution in [0.15, 0.2) is 30.3 Å². The summed E-state index contributed by atoms with van der Waals surface area (Å²) in [6.45, 7) is 5.86. The molecule has 0 aliphatic heterocycles. The third-order valence-electron chi connectivity index (χ3n) is 2.94. The highest BCUT2D eigenvalue weighted by molar-refractivity contribution is 5.77. The molecule has 0 aliphatic carbocycles. The molecule has 17 heavy (non-hydrogen) atoms. The molecule has 0 radical (unpaired) electrons. The first-order valence-electron chi connectivity index (χ1n) is 5.59. The maximum absolute atomic E-state index is 9.94. The van der Waals surface area contributed by atoms with Crippen molar-refractivity contribution in [1.29, 1.82) is 0 Å². The standard InChI is InChI=1S/C15H16O2/c1-9-4-5-14(17)13(6-9)15-10(2)7-12(16)8-11(15)3/h4-8,16-17H,1-3H3. The van der Waals surface area contributed by atoms with Gasteiger partial charge in [-0.05, 0) is 61.7 Å². The summed E-state index contributed by atoms with van der Waals surface area (Å²) in [5.41, 5.74) is 4.83. The van der Waals surface area contributed by atoms with E-state index in [-0.39, 0.29) is 11.5 Å². The van der Waals surface area contributed by atoms with E-state index in [1.807, 2.05) is 32.9 Å². The summed E-state index contributed by atoms with van der Waals surface area (Å²) in [4.78, 5) is 0. The Morgan fingerprint density at radius 3 is 2.00 bits per heavy atom. The van der Waals surface area contributed by atoms with Gasteiger partial charge in [0.1, 0.15) is 11.5 Å². The van der Waals surface area contributed by atoms with Crippen LogP contribution in [0.3, 0.4) is 0 Å². The van der Waals surface area contributed by atoms with E-state index < -0.39 is 0 Å². The van der Waals surface area contributed by atoms with Crippen LogP contribution in [-0.2, 0) is 0 Å². The lowest BCUT2D eigenvalue weighted by molar-refractivity contribution is 0.473. The molecular weight excluding hydrogens is 212 g/mol. The number of rotatable bonds is 1. The topological polar surface area (TPSA) is 40.5 Å². The fraction of sp³-hybridized carbons (Fsp3) is 0.200. The van der Waals surface area contributed by atoms with Gasteiger partial charge in [-0.3, -0.25) is 0 Å². The molecule has 0 atom stereocenters. The lowest BCUT2D eigenvalue weighted by Gasteiger charge is -2.13. The van der Waals surface area contributed by atoms with E-state index >= 15 is 0 Å². The fourth-order valence-electron chi connectivity index (χ4n) is 2.22. The summed E-state index contributed by atoms with van der Waals surface area (Å²) in [6.07, 6.45) is 0. The molecule has 0 heterocycles. The van der Waals surface area contributed by atoms with Gasteiger partial charge in [-0.25, -0.2) is 0 Å². The summed E-state index contributed by atoms with van der Waals surface area (Å²) < 4.78 is 0. The number of benzene rings is 2. The highest BCUT2D eigenvalue weighted by atomic mass is 16.3. The highest BCUT2D eigenvalue weighted by Gasteiger charge is 2.11. The Balaban J connectivity index is 2.72. The zero-order valence-electron chi connectivity index (χ0n) is 10.3. The molecule has 2 heteroatoms. The number of hydrogen-bond donors (Lipinski definition) is 2. The predicted octanol–water partition coefficient (Wildman–Crippen LogP) is 3.69. The Kier molecular flexibility index (Phi) is 2.80. The van der Waals surface area contributed by atoms with E-state index in [9.17, 15) is 10.2 Å². The Morgan fingerprint density at radius 1 is 0.824 bits per heavy atom. The van der Waals surface area contributed by atoms with E-state index in [4.69, 9.17) is 0 Å². The van der Waals surface area contributed by atoms with Crippen molar-refractivity contribution in [2.24, 2.45) is 0 Å². The molecule has 2 N–H and O–H groups in total. The fourth-order valence-corrected chi connectivity index (χ4v) is 2.22. The normalized spacial score (nSPS) is 10.5. The molecule has 88 valence electrons. The molecule has 2 aromatic carbocycles. The quantitative estimate of drug-likeness (QED) is 0.781. The lowest BCUT2D eigenvalue weighted by atomic mass is 9.94. The van der Waals surface area contributed by atoms with Crippen LogP contribution in [-0.4, -0.2) is 10.2 Å². The second-order valence-corrected chi connectivity index (χ2v) is 4.48. The van der Waals surface area contributed by atoms with Gasteiger partial charge in [0.2, 0.25) is 0 Å². The van der Waals surface area contributed by atoms with Crippen molar-refractivity contribution >= 4 is 0 Å². The maximum Gasteiger partial charge on any atom is 0.123 e. The minimum absolute atomic E-state index is 0.260. The average molecular weight is 228 g/mol. The molecule has 0 spiro atoms. The van der Waals surface area contributed by atoms with Crippen LogP contribution in [0, 0.1) is 20.8 Å². The number of aromatic hydroxyl groups is 2. The van der Waals surface area contributed by atoms with E-state index in [0.29, 0.717) is 0 Å². The van der Waals surface area contributed by atoms with Gasteiger partial charge in [0, 0.05) is 5.56 Å². The Bertz CT molecular complexity index is 548. The Morgan fingerprint density at radius 2 is 1.41 bits per heavy atom. The molecule has 2 nitrogen and oxygen atoms in total. The SMILES string of the molecule is Cc1ccc(O)c(-c2c(C)cc(O)cc2C)c1. The van der Waals surface area contributed by atoms with Crippen LogP contribution in [0.1, 0.15) is 16.7 Å². The van der Waals surface area contributed by atoms with Crippen LogP contribution >= 0.6 is 0 Å². The van der Waals surface area contributed by atoms with Crippen LogP contribution in [0.5, 0.6) is 11.5 Å². The third-order valence-corrected chi connectivity index (χ3v) is 2.94. The first-order valence-corrected chi connectivity index (χ1v) is 5.59. The zero-order valence-corrected chi connectivity index (χ0v) is 10.3. The minimum atomic E-state index is 0.260. The molecule has 0 fully saturated rings. The number of phenolic OH excluding ortho intramolecular Hbond substituents is 2. The lowest BCUT2D eigenvalue weighted by Crippen LogP contribution is -1.89. The molecule has 0 bridgehead atoms. The number of aryl methyl sites for hydroxylation is 3. The number of hydrogen-bond acceptors (Lipinski definition) is 2. The van der Waals surface area contributed by atoms with E-state index in [1.54, 1.807) is 18.2 Å². The first-order chi connectivity index (χ1) is 7.99. The molecule has 0 saturated heterocycles. The van der Waals surface area contributed by atoms with Crippen molar-refractivity contribution in [2.45, 2.75) is 20.8 Å². The summed E-state index contributed by atoms with van der Waals surface area (Å²) in [5, 5.41) is 19.5. The monoisotopic (exact) mass is 228 g/mol. The van der Waals surface area contributed by atoms with Crippen molar-refractivity contribution in [3.63, 3.8) is 0 Å². The second-order valence-electron chi connectivity index (χ2n) is 4.48. The Labute approximate surface area is 101 Å². The minimum Gasteiger partial charge on any atom is -0.508 e. The second kappa shape index (κ2) is 4.13. The van der Waals surface area contributed by atoms with Crippen LogP contribution in [0.2, 0.25) is 0 Å². The van der Waals surface area contributed by atoms with Gasteiger partial charge in [-0.15, -0.1) is 0 Å². The van der Waals surface area contributed by atoms with Gasteiger partial charge in [0.25, 0.3) is 0 Å². The molecule has 2 rings (SSSR count). The van der Waals surface area contributed by atoms with Crippen molar-refractivity contribution in [3.8, 4) is 22.6 Å². The van der Waals surface area contributed by atoms with Crippen molar-refractivity contribution in [2.75, 3.05) is 0 Å². The van der Waals surface area contributed by atoms with Crippen molar-refractivity contribution in [1.82, 2.24) is 0 Å².